The molecule has 1 unspecified atom stereocenters. The Labute approximate surface area is 126 Å². The van der Waals surface area contributed by atoms with E-state index in [0.29, 0.717) is 19.4 Å². The third-order valence-corrected chi connectivity index (χ3v) is 3.78. The van der Waals surface area contributed by atoms with E-state index in [1.165, 1.54) is 16.7 Å². The number of aliphatic hydroxyl groups is 1. The molecule has 0 saturated heterocycles. The first-order valence-electron chi connectivity index (χ1n) is 7.36. The van der Waals surface area contributed by atoms with Crippen LogP contribution in [0.4, 0.5) is 0 Å². The summed E-state index contributed by atoms with van der Waals surface area (Å²) in [7, 11) is 3.30. The molecule has 1 aromatic carbocycles. The van der Waals surface area contributed by atoms with E-state index >= 15 is 0 Å². The first-order valence-corrected chi connectivity index (χ1v) is 7.36. The lowest BCUT2D eigenvalue weighted by Gasteiger charge is -2.09. The van der Waals surface area contributed by atoms with E-state index in [2.05, 4.69) is 12.1 Å². The zero-order chi connectivity index (χ0) is 15.1. The predicted molar refractivity (Wildman–Crippen MR) is 82.4 cm³/mol. The zero-order valence-corrected chi connectivity index (χ0v) is 12.8. The number of hydrogen-bond acceptors (Lipinski definition) is 4. The molecule has 0 saturated carbocycles. The first kappa shape index (κ1) is 16.0. The smallest absolute Gasteiger partial charge is 0.146 e. The summed E-state index contributed by atoms with van der Waals surface area (Å²) < 4.78 is 15.4. The van der Waals surface area contributed by atoms with Crippen LogP contribution in [-0.2, 0) is 15.9 Å². The van der Waals surface area contributed by atoms with Crippen LogP contribution in [0.3, 0.4) is 0 Å². The molecule has 0 aromatic heterocycles. The summed E-state index contributed by atoms with van der Waals surface area (Å²) in [5.74, 6) is 0.962. The normalized spacial score (nSPS) is 17.0. The lowest BCUT2D eigenvalue weighted by Crippen LogP contribution is -2.10. The van der Waals surface area contributed by atoms with Crippen molar-refractivity contribution >= 4 is 5.57 Å². The van der Waals surface area contributed by atoms with Gasteiger partial charge in [-0.3, -0.25) is 0 Å². The number of benzene rings is 1. The average Bonchev–Trinajstić information content (AvgIpc) is 2.92. The summed E-state index contributed by atoms with van der Waals surface area (Å²) in [5.41, 5.74) is 3.85. The Hall–Kier alpha value is -1.36. The second kappa shape index (κ2) is 8.17. The van der Waals surface area contributed by atoms with Crippen LogP contribution in [0.15, 0.2) is 24.3 Å². The van der Waals surface area contributed by atoms with E-state index in [1.54, 1.807) is 14.2 Å². The Balaban J connectivity index is 1.90. The van der Waals surface area contributed by atoms with Gasteiger partial charge in [0.1, 0.15) is 12.5 Å². The summed E-state index contributed by atoms with van der Waals surface area (Å²) in [5, 5.41) is 9.97. The second-order valence-electron chi connectivity index (χ2n) is 5.21. The molecule has 116 valence electrons. The third-order valence-electron chi connectivity index (χ3n) is 3.78. The van der Waals surface area contributed by atoms with Crippen molar-refractivity contribution < 1.29 is 19.3 Å². The van der Waals surface area contributed by atoms with Crippen LogP contribution in [0.5, 0.6) is 5.75 Å². The number of methoxy groups -OCH3 is 2. The number of fused-ring (bicyclic) bond motifs is 1. The lowest BCUT2D eigenvalue weighted by atomic mass is 10.0. The van der Waals surface area contributed by atoms with Gasteiger partial charge in [-0.25, -0.2) is 0 Å². The SMILES string of the molecule is COCOCCC(O)C/C=C1\CCc2c(OC)cccc21. The molecule has 4 heteroatoms. The minimum atomic E-state index is -0.371. The minimum absolute atomic E-state index is 0.279. The maximum absolute atomic E-state index is 9.97. The van der Waals surface area contributed by atoms with Crippen molar-refractivity contribution in [2.75, 3.05) is 27.6 Å². The lowest BCUT2D eigenvalue weighted by molar-refractivity contribution is -0.0395. The topological polar surface area (TPSA) is 47.9 Å². The maximum atomic E-state index is 9.97. The summed E-state index contributed by atoms with van der Waals surface area (Å²) in [4.78, 5) is 0. The molecule has 0 bridgehead atoms. The van der Waals surface area contributed by atoms with Gasteiger partial charge >= 0.3 is 0 Å². The fourth-order valence-corrected chi connectivity index (χ4v) is 2.68. The van der Waals surface area contributed by atoms with Crippen molar-refractivity contribution in [1.29, 1.82) is 0 Å². The Bertz CT molecular complexity index is 482. The highest BCUT2D eigenvalue weighted by atomic mass is 16.7. The quantitative estimate of drug-likeness (QED) is 0.591. The predicted octanol–water partition coefficient (Wildman–Crippen LogP) is 2.79. The van der Waals surface area contributed by atoms with Gasteiger partial charge in [0.15, 0.2) is 0 Å². The molecule has 0 heterocycles. The van der Waals surface area contributed by atoms with Crippen LogP contribution >= 0.6 is 0 Å². The molecule has 4 nitrogen and oxygen atoms in total. The van der Waals surface area contributed by atoms with Crippen LogP contribution in [0.2, 0.25) is 0 Å². The summed E-state index contributed by atoms with van der Waals surface area (Å²) in [6.45, 7) is 0.795. The Morgan fingerprint density at radius 1 is 1.29 bits per heavy atom. The number of rotatable bonds is 8. The van der Waals surface area contributed by atoms with Crippen LogP contribution in [0, 0.1) is 0 Å². The van der Waals surface area contributed by atoms with Gasteiger partial charge in [-0.2, -0.15) is 0 Å². The van der Waals surface area contributed by atoms with E-state index in [-0.39, 0.29) is 12.9 Å². The highest BCUT2D eigenvalue weighted by Gasteiger charge is 2.19. The monoisotopic (exact) mass is 292 g/mol. The summed E-state index contributed by atoms with van der Waals surface area (Å²) in [6, 6.07) is 6.15. The van der Waals surface area contributed by atoms with Crippen LogP contribution in [0.1, 0.15) is 30.4 Å². The molecule has 1 aromatic rings. The standard InChI is InChI=1S/C17H24O4/c1-19-12-21-11-10-14(18)8-6-13-7-9-16-15(13)4-3-5-17(16)20-2/h3-6,14,18H,7-12H2,1-2H3/b13-6+. The molecule has 1 aliphatic rings. The molecule has 21 heavy (non-hydrogen) atoms. The van der Waals surface area contributed by atoms with Crippen LogP contribution in [-0.4, -0.2) is 38.8 Å². The van der Waals surface area contributed by atoms with E-state index in [1.807, 2.05) is 12.1 Å². The highest BCUT2D eigenvalue weighted by Crippen LogP contribution is 2.37. The fourth-order valence-electron chi connectivity index (χ4n) is 2.68. The number of allylic oxidation sites excluding steroid dienone is 1. The van der Waals surface area contributed by atoms with Crippen LogP contribution < -0.4 is 4.74 Å². The Kier molecular flexibility index (Phi) is 6.23. The molecule has 0 spiro atoms. The number of hydrogen-bond donors (Lipinski definition) is 1. The van der Waals surface area contributed by atoms with E-state index in [4.69, 9.17) is 14.2 Å². The van der Waals surface area contributed by atoms with E-state index in [9.17, 15) is 5.11 Å². The fraction of sp³-hybridized carbons (Fsp3) is 0.529. The van der Waals surface area contributed by atoms with Gasteiger partial charge in [-0.15, -0.1) is 0 Å². The van der Waals surface area contributed by atoms with Crippen molar-refractivity contribution in [3.8, 4) is 5.75 Å². The van der Waals surface area contributed by atoms with Crippen molar-refractivity contribution in [2.24, 2.45) is 0 Å². The Morgan fingerprint density at radius 3 is 2.90 bits per heavy atom. The first-order chi connectivity index (χ1) is 10.3. The molecule has 2 rings (SSSR count). The molecule has 0 radical (unpaired) electrons. The number of aliphatic hydroxyl groups excluding tert-OH is 1. The van der Waals surface area contributed by atoms with Crippen molar-refractivity contribution in [3.05, 3.63) is 35.4 Å². The zero-order valence-electron chi connectivity index (χ0n) is 12.8. The largest absolute Gasteiger partial charge is 0.496 e. The van der Waals surface area contributed by atoms with Gasteiger partial charge in [0.05, 0.1) is 19.8 Å². The van der Waals surface area contributed by atoms with E-state index in [0.717, 1.165) is 18.6 Å². The Morgan fingerprint density at radius 2 is 2.14 bits per heavy atom. The third kappa shape index (κ3) is 4.30. The highest BCUT2D eigenvalue weighted by molar-refractivity contribution is 5.74. The molecule has 0 amide bonds. The molecule has 1 atom stereocenters. The van der Waals surface area contributed by atoms with Crippen molar-refractivity contribution in [1.82, 2.24) is 0 Å². The van der Waals surface area contributed by atoms with Crippen molar-refractivity contribution in [3.63, 3.8) is 0 Å². The summed E-state index contributed by atoms with van der Waals surface area (Å²) >= 11 is 0. The average molecular weight is 292 g/mol. The molecule has 1 N–H and O–H groups in total. The van der Waals surface area contributed by atoms with Gasteiger partial charge in [-0.1, -0.05) is 18.2 Å². The second-order valence-corrected chi connectivity index (χ2v) is 5.21. The van der Waals surface area contributed by atoms with Gasteiger partial charge in [0.2, 0.25) is 0 Å². The minimum Gasteiger partial charge on any atom is -0.496 e. The number of ether oxygens (including phenoxy) is 3. The van der Waals surface area contributed by atoms with Crippen molar-refractivity contribution in [2.45, 2.75) is 31.8 Å². The van der Waals surface area contributed by atoms with E-state index < -0.39 is 0 Å². The van der Waals surface area contributed by atoms with Gasteiger partial charge in [0, 0.05) is 12.7 Å². The molecular formula is C17H24O4. The van der Waals surface area contributed by atoms with Gasteiger partial charge < -0.3 is 19.3 Å². The van der Waals surface area contributed by atoms with Crippen LogP contribution in [0.25, 0.3) is 5.57 Å². The molecular weight excluding hydrogens is 268 g/mol. The maximum Gasteiger partial charge on any atom is 0.146 e. The molecule has 0 fully saturated rings. The molecule has 0 aliphatic heterocycles. The molecule has 1 aliphatic carbocycles. The summed E-state index contributed by atoms with van der Waals surface area (Å²) in [6.07, 6.45) is 5.08. The van der Waals surface area contributed by atoms with Gasteiger partial charge in [0.25, 0.3) is 0 Å². The van der Waals surface area contributed by atoms with Gasteiger partial charge in [-0.05, 0) is 42.9 Å².